The molecule has 0 spiro atoms. The van der Waals surface area contributed by atoms with Gasteiger partial charge in [0.15, 0.2) is 0 Å². The molecule has 1 fully saturated rings. The van der Waals surface area contributed by atoms with Crippen LogP contribution in [0.3, 0.4) is 0 Å². The minimum Gasteiger partial charge on any atom is -0.493 e. The number of benzene rings is 1. The molecule has 4 nitrogen and oxygen atoms in total. The molecule has 1 heterocycles. The van der Waals surface area contributed by atoms with Gasteiger partial charge in [-0.25, -0.2) is 0 Å². The van der Waals surface area contributed by atoms with Crippen molar-refractivity contribution in [3.05, 3.63) is 23.8 Å². The summed E-state index contributed by atoms with van der Waals surface area (Å²) >= 11 is 0. The van der Waals surface area contributed by atoms with Crippen LogP contribution in [0.25, 0.3) is 0 Å². The molecule has 0 amide bonds. The number of aliphatic hydroxyl groups excluding tert-OH is 1. The second kappa shape index (κ2) is 8.57. The zero-order valence-corrected chi connectivity index (χ0v) is 16.4. The van der Waals surface area contributed by atoms with Crippen molar-refractivity contribution < 1.29 is 19.2 Å². The molecular weight excluding hydrogens is 315 g/mol. The van der Waals surface area contributed by atoms with Crippen molar-refractivity contribution in [1.82, 2.24) is 0 Å². The minimum absolute atomic E-state index is 0.293. The Hall–Kier alpha value is -1.04. The first-order valence-electron chi connectivity index (χ1n) is 9.47. The molecule has 1 aromatic rings. The Labute approximate surface area is 153 Å². The molecular formula is C20H33BO4. The van der Waals surface area contributed by atoms with E-state index in [1.165, 1.54) is 0 Å². The van der Waals surface area contributed by atoms with Crippen LogP contribution >= 0.6 is 0 Å². The molecule has 140 valence electrons. The molecule has 1 saturated heterocycles. The van der Waals surface area contributed by atoms with E-state index in [1.807, 2.05) is 12.1 Å². The highest BCUT2D eigenvalue weighted by Gasteiger charge is 2.52. The molecule has 0 atom stereocenters. The number of unbranched alkanes of at least 4 members (excludes halogenated alkanes) is 4. The SMILES string of the molecule is Cc1c(OCCCCCCCO)cccc1B1OC(C)(C)C(C)(C)O1. The van der Waals surface area contributed by atoms with Crippen LogP contribution in [0.4, 0.5) is 0 Å². The Morgan fingerprint density at radius 1 is 0.960 bits per heavy atom. The molecule has 0 radical (unpaired) electrons. The molecule has 0 aliphatic carbocycles. The van der Waals surface area contributed by atoms with Crippen LogP contribution in [0.5, 0.6) is 5.75 Å². The van der Waals surface area contributed by atoms with Crippen LogP contribution in [-0.4, -0.2) is 36.6 Å². The Morgan fingerprint density at radius 3 is 2.20 bits per heavy atom. The Balaban J connectivity index is 1.92. The van der Waals surface area contributed by atoms with E-state index in [0.717, 1.165) is 48.9 Å². The summed E-state index contributed by atoms with van der Waals surface area (Å²) in [6.45, 7) is 11.4. The molecule has 1 aromatic carbocycles. The Kier molecular flexibility index (Phi) is 6.95. The van der Waals surface area contributed by atoms with Gasteiger partial charge < -0.3 is 19.2 Å². The summed E-state index contributed by atoms with van der Waals surface area (Å²) in [5.41, 5.74) is 1.45. The van der Waals surface area contributed by atoms with Gasteiger partial charge in [-0.1, -0.05) is 31.4 Å². The van der Waals surface area contributed by atoms with Gasteiger partial charge in [0, 0.05) is 6.61 Å². The van der Waals surface area contributed by atoms with Gasteiger partial charge in [0.25, 0.3) is 0 Å². The first kappa shape index (κ1) is 20.3. The Bertz CT molecular complexity index is 541. The van der Waals surface area contributed by atoms with Gasteiger partial charge in [0.2, 0.25) is 0 Å². The van der Waals surface area contributed by atoms with Crippen LogP contribution in [0.2, 0.25) is 0 Å². The molecule has 5 heteroatoms. The second-order valence-corrected chi connectivity index (χ2v) is 7.90. The van der Waals surface area contributed by atoms with Crippen molar-refractivity contribution >= 4 is 12.6 Å². The maximum atomic E-state index is 8.78. The molecule has 0 aromatic heterocycles. The van der Waals surface area contributed by atoms with Crippen molar-refractivity contribution in [2.24, 2.45) is 0 Å². The number of hydrogen-bond acceptors (Lipinski definition) is 4. The van der Waals surface area contributed by atoms with Crippen LogP contribution in [-0.2, 0) is 9.31 Å². The van der Waals surface area contributed by atoms with Crippen molar-refractivity contribution in [1.29, 1.82) is 0 Å². The first-order valence-corrected chi connectivity index (χ1v) is 9.47. The van der Waals surface area contributed by atoms with Gasteiger partial charge in [-0.3, -0.25) is 0 Å². The fourth-order valence-corrected chi connectivity index (χ4v) is 2.94. The summed E-state index contributed by atoms with van der Waals surface area (Å²) in [4.78, 5) is 0. The predicted octanol–water partition coefficient (Wildman–Crippen LogP) is 3.62. The van der Waals surface area contributed by atoms with Gasteiger partial charge in [0.1, 0.15) is 5.75 Å². The highest BCUT2D eigenvalue weighted by Crippen LogP contribution is 2.37. The van der Waals surface area contributed by atoms with Crippen molar-refractivity contribution in [2.75, 3.05) is 13.2 Å². The summed E-state index contributed by atoms with van der Waals surface area (Å²) in [5, 5.41) is 8.78. The van der Waals surface area contributed by atoms with Gasteiger partial charge in [-0.05, 0) is 64.6 Å². The third-order valence-corrected chi connectivity index (χ3v) is 5.39. The lowest BCUT2D eigenvalue weighted by atomic mass is 9.76. The smallest absolute Gasteiger partial charge is 0.493 e. The maximum Gasteiger partial charge on any atom is 0.495 e. The lowest BCUT2D eigenvalue weighted by molar-refractivity contribution is 0.00578. The average Bonchev–Trinajstić information content (AvgIpc) is 2.76. The fourth-order valence-electron chi connectivity index (χ4n) is 2.94. The van der Waals surface area contributed by atoms with E-state index in [0.29, 0.717) is 13.2 Å². The third-order valence-electron chi connectivity index (χ3n) is 5.39. The number of hydrogen-bond donors (Lipinski definition) is 1. The molecule has 1 aliphatic rings. The summed E-state index contributed by atoms with van der Waals surface area (Å²) < 4.78 is 18.3. The maximum absolute atomic E-state index is 8.78. The zero-order valence-electron chi connectivity index (χ0n) is 16.4. The topological polar surface area (TPSA) is 47.9 Å². The normalized spacial score (nSPS) is 18.6. The monoisotopic (exact) mass is 348 g/mol. The molecule has 0 bridgehead atoms. The number of aliphatic hydroxyl groups is 1. The van der Waals surface area contributed by atoms with Gasteiger partial charge in [-0.2, -0.15) is 0 Å². The Morgan fingerprint density at radius 2 is 1.56 bits per heavy atom. The largest absolute Gasteiger partial charge is 0.495 e. The van der Waals surface area contributed by atoms with E-state index >= 15 is 0 Å². The molecule has 1 N–H and O–H groups in total. The van der Waals surface area contributed by atoms with E-state index in [9.17, 15) is 0 Å². The second-order valence-electron chi connectivity index (χ2n) is 7.90. The molecule has 2 rings (SSSR count). The summed E-state index contributed by atoms with van der Waals surface area (Å²) in [7, 11) is -0.355. The molecule has 0 unspecified atom stereocenters. The third kappa shape index (κ3) is 4.99. The minimum atomic E-state index is -0.355. The first-order chi connectivity index (χ1) is 11.8. The number of ether oxygens (including phenoxy) is 1. The number of rotatable bonds is 9. The highest BCUT2D eigenvalue weighted by atomic mass is 16.7. The van der Waals surface area contributed by atoms with E-state index in [2.05, 4.69) is 40.7 Å². The van der Waals surface area contributed by atoms with E-state index in [4.69, 9.17) is 19.2 Å². The van der Waals surface area contributed by atoms with Crippen molar-refractivity contribution in [3.8, 4) is 5.75 Å². The molecule has 25 heavy (non-hydrogen) atoms. The lowest BCUT2D eigenvalue weighted by Crippen LogP contribution is -2.41. The van der Waals surface area contributed by atoms with E-state index in [1.54, 1.807) is 0 Å². The van der Waals surface area contributed by atoms with Crippen molar-refractivity contribution in [2.45, 2.75) is 77.9 Å². The highest BCUT2D eigenvalue weighted by molar-refractivity contribution is 6.62. The van der Waals surface area contributed by atoms with Crippen LogP contribution in [0.1, 0.15) is 65.4 Å². The zero-order chi connectivity index (χ0) is 18.5. The van der Waals surface area contributed by atoms with Crippen molar-refractivity contribution in [3.63, 3.8) is 0 Å². The quantitative estimate of drug-likeness (QED) is 0.547. The average molecular weight is 348 g/mol. The fraction of sp³-hybridized carbons (Fsp3) is 0.700. The van der Waals surface area contributed by atoms with Crippen LogP contribution in [0.15, 0.2) is 18.2 Å². The lowest BCUT2D eigenvalue weighted by Gasteiger charge is -2.32. The standard InChI is InChI=1S/C20H33BO4/c1-16-17(21-24-19(2,3)20(4,5)25-21)12-11-13-18(16)23-15-10-8-6-7-9-14-22/h11-13,22H,6-10,14-15H2,1-5H3. The van der Waals surface area contributed by atoms with E-state index < -0.39 is 0 Å². The summed E-state index contributed by atoms with van der Waals surface area (Å²) in [6.07, 6.45) is 5.31. The molecule has 1 aliphatic heterocycles. The molecule has 0 saturated carbocycles. The van der Waals surface area contributed by atoms with Gasteiger partial charge in [0.05, 0.1) is 17.8 Å². The van der Waals surface area contributed by atoms with Gasteiger partial charge >= 0.3 is 7.12 Å². The van der Waals surface area contributed by atoms with Crippen LogP contribution in [0, 0.1) is 6.92 Å². The predicted molar refractivity (Wildman–Crippen MR) is 103 cm³/mol. The van der Waals surface area contributed by atoms with Gasteiger partial charge in [-0.15, -0.1) is 0 Å². The summed E-state index contributed by atoms with van der Waals surface area (Å²) in [6, 6.07) is 6.07. The summed E-state index contributed by atoms with van der Waals surface area (Å²) in [5.74, 6) is 0.905. The van der Waals surface area contributed by atoms with E-state index in [-0.39, 0.29) is 18.3 Å². The van der Waals surface area contributed by atoms with Crippen LogP contribution < -0.4 is 10.2 Å².